The van der Waals surface area contributed by atoms with Crippen LogP contribution in [0.1, 0.15) is 46.0 Å². The number of ether oxygens (including phenoxy) is 1. The van der Waals surface area contributed by atoms with Crippen LogP contribution in [0.15, 0.2) is 30.3 Å². The van der Waals surface area contributed by atoms with Gasteiger partial charge in [-0.15, -0.1) is 0 Å². The number of carbonyl (C=O) groups is 6. The van der Waals surface area contributed by atoms with Crippen molar-refractivity contribution in [2.24, 2.45) is 5.41 Å². The quantitative estimate of drug-likeness (QED) is 0.120. The van der Waals surface area contributed by atoms with Crippen LogP contribution in [-0.4, -0.2) is 73.1 Å². The van der Waals surface area contributed by atoms with E-state index >= 15 is 0 Å². The summed E-state index contributed by atoms with van der Waals surface area (Å²) in [6.07, 6.45) is -2.32. The average molecular weight is 615 g/mol. The second-order valence-electron chi connectivity index (χ2n) is 9.72. The predicted octanol–water partition coefficient (Wildman–Crippen LogP) is 2.37. The summed E-state index contributed by atoms with van der Waals surface area (Å²) in [5, 5.41) is 4.76. The smallest absolute Gasteiger partial charge is 0.469 e. The number of Topliss-reactive ketones (excluding diaryl/α,β-unsaturated/α-hetero) is 2. The van der Waals surface area contributed by atoms with E-state index in [1.54, 1.807) is 44.2 Å². The molecule has 0 aliphatic carbocycles. The van der Waals surface area contributed by atoms with Crippen LogP contribution in [0.4, 0.5) is 0 Å². The van der Waals surface area contributed by atoms with Crippen molar-refractivity contribution < 1.29 is 51.6 Å². The van der Waals surface area contributed by atoms with Crippen LogP contribution in [0.25, 0.3) is 0 Å². The van der Waals surface area contributed by atoms with Gasteiger partial charge in [0.25, 0.3) is 5.91 Å². The lowest BCUT2D eigenvalue weighted by Crippen LogP contribution is -2.50. The minimum Gasteiger partial charge on any atom is -0.469 e. The highest BCUT2D eigenvalue weighted by atomic mass is 32.2. The van der Waals surface area contributed by atoms with Gasteiger partial charge in [-0.2, -0.15) is 0 Å². The zero-order valence-corrected chi connectivity index (χ0v) is 24.9. The number of para-hydroxylation sites is 1. The first-order valence-electron chi connectivity index (χ1n) is 12.8. The van der Waals surface area contributed by atoms with Crippen molar-refractivity contribution in [1.29, 1.82) is 0 Å². The molecule has 226 valence electrons. The SMILES string of the molecule is COC(=O)CCC(=O)CC(=O)CC(=O)SCCNC(=O)CCNC(=O)[C@@H]1OP(=O)(Oc2ccccc2)OCC1(C)C. The van der Waals surface area contributed by atoms with Crippen LogP contribution >= 0.6 is 19.6 Å². The van der Waals surface area contributed by atoms with Gasteiger partial charge in [-0.05, 0) is 12.1 Å². The third-order valence-corrected chi connectivity index (χ3v) is 7.87. The van der Waals surface area contributed by atoms with Crippen LogP contribution in [0.2, 0.25) is 0 Å². The summed E-state index contributed by atoms with van der Waals surface area (Å²) in [4.78, 5) is 71.4. The lowest BCUT2D eigenvalue weighted by molar-refractivity contribution is -0.142. The lowest BCUT2D eigenvalue weighted by Gasteiger charge is -2.39. The number of esters is 1. The third-order valence-electron chi connectivity index (χ3n) is 5.65. The van der Waals surface area contributed by atoms with Crippen molar-refractivity contribution in [1.82, 2.24) is 10.6 Å². The van der Waals surface area contributed by atoms with Crippen molar-refractivity contribution in [3.63, 3.8) is 0 Å². The second kappa shape index (κ2) is 16.4. The second-order valence-corrected chi connectivity index (χ2v) is 12.4. The number of amides is 2. The maximum absolute atomic E-state index is 13.0. The molecule has 1 unspecified atom stereocenters. The molecule has 1 aromatic carbocycles. The van der Waals surface area contributed by atoms with Crippen molar-refractivity contribution in [2.45, 2.75) is 52.1 Å². The summed E-state index contributed by atoms with van der Waals surface area (Å²) < 4.78 is 33.6. The van der Waals surface area contributed by atoms with Gasteiger partial charge in [-0.3, -0.25) is 37.8 Å². The van der Waals surface area contributed by atoms with Crippen LogP contribution in [0, 0.1) is 5.41 Å². The Bertz CT molecular complexity index is 1160. The molecule has 13 nitrogen and oxygen atoms in total. The highest BCUT2D eigenvalue weighted by Crippen LogP contribution is 2.56. The van der Waals surface area contributed by atoms with Crippen molar-refractivity contribution >= 4 is 54.1 Å². The molecule has 0 spiro atoms. The Morgan fingerprint density at radius 3 is 2.37 bits per heavy atom. The molecule has 1 fully saturated rings. The van der Waals surface area contributed by atoms with Gasteiger partial charge in [0.05, 0.1) is 33.0 Å². The number of thioether (sulfide) groups is 1. The maximum atomic E-state index is 13.0. The number of rotatable bonds is 16. The van der Waals surface area contributed by atoms with Gasteiger partial charge in [-0.25, -0.2) is 4.57 Å². The Balaban J connectivity index is 1.65. The first-order chi connectivity index (χ1) is 19.3. The van der Waals surface area contributed by atoms with Gasteiger partial charge in [0.1, 0.15) is 17.3 Å². The van der Waals surface area contributed by atoms with Crippen LogP contribution in [0.5, 0.6) is 5.75 Å². The summed E-state index contributed by atoms with van der Waals surface area (Å²) in [7, 11) is -2.86. The fourth-order valence-corrected chi connectivity index (χ4v) is 5.81. The molecule has 0 aromatic heterocycles. The number of carbonyl (C=O) groups excluding carboxylic acids is 6. The van der Waals surface area contributed by atoms with E-state index in [9.17, 15) is 33.3 Å². The molecular formula is C26H35N2O11PS. The highest BCUT2D eigenvalue weighted by molar-refractivity contribution is 8.13. The largest absolute Gasteiger partial charge is 0.530 e. The summed E-state index contributed by atoms with van der Waals surface area (Å²) in [6, 6.07) is 8.28. The number of nitrogens with one attached hydrogen (secondary N) is 2. The van der Waals surface area contributed by atoms with Crippen LogP contribution < -0.4 is 15.2 Å². The predicted molar refractivity (Wildman–Crippen MR) is 148 cm³/mol. The van der Waals surface area contributed by atoms with E-state index in [-0.39, 0.29) is 56.4 Å². The van der Waals surface area contributed by atoms with Gasteiger partial charge < -0.3 is 19.9 Å². The summed E-state index contributed by atoms with van der Waals surface area (Å²) >= 11 is 0.847. The zero-order valence-electron chi connectivity index (χ0n) is 23.2. The number of hydrogen-bond acceptors (Lipinski definition) is 12. The molecule has 2 atom stereocenters. The molecule has 1 heterocycles. The maximum Gasteiger partial charge on any atom is 0.530 e. The van der Waals surface area contributed by atoms with E-state index in [2.05, 4.69) is 15.4 Å². The van der Waals surface area contributed by atoms with E-state index in [0.29, 0.717) is 0 Å². The summed E-state index contributed by atoms with van der Waals surface area (Å²) in [5.74, 6) is -2.02. The number of phosphoric ester groups is 1. The number of benzene rings is 1. The molecule has 1 saturated heterocycles. The first kappa shape index (κ1) is 34.1. The lowest BCUT2D eigenvalue weighted by atomic mass is 9.87. The van der Waals surface area contributed by atoms with Crippen LogP contribution in [0.3, 0.4) is 0 Å². The van der Waals surface area contributed by atoms with Gasteiger partial charge in [0, 0.05) is 37.1 Å². The van der Waals surface area contributed by atoms with Crippen molar-refractivity contribution in [2.75, 3.05) is 32.6 Å². The standard InChI is InChI=1S/C26H35N2O11PS/c1-26(2)17-37-40(35,38-20-7-5-4-6-8-20)39-24(26)25(34)28-12-11-21(31)27-13-14-41-23(33)16-19(30)15-18(29)9-10-22(32)36-3/h4-8,24H,9-17H2,1-3H3,(H,27,31)(H,28,34)/t24-,40?/m0/s1. The van der Waals surface area contributed by atoms with E-state index < -0.39 is 60.7 Å². The minimum atomic E-state index is -4.05. The minimum absolute atomic E-state index is 0.0180. The normalized spacial score (nSPS) is 19.4. The molecule has 2 amide bonds. The Labute approximate surface area is 242 Å². The van der Waals surface area contributed by atoms with E-state index in [0.717, 1.165) is 11.8 Å². The summed E-state index contributed by atoms with van der Waals surface area (Å²) in [5.41, 5.74) is -0.818. The third kappa shape index (κ3) is 12.6. The van der Waals surface area contributed by atoms with E-state index in [1.807, 2.05) is 0 Å². The van der Waals surface area contributed by atoms with E-state index in [1.165, 1.54) is 7.11 Å². The zero-order chi connectivity index (χ0) is 30.5. The number of hydrogen-bond donors (Lipinski definition) is 2. The Kier molecular flexibility index (Phi) is 13.7. The number of methoxy groups -OCH3 is 1. The Morgan fingerprint density at radius 2 is 1.68 bits per heavy atom. The van der Waals surface area contributed by atoms with Crippen LogP contribution in [-0.2, 0) is 47.1 Å². The molecule has 41 heavy (non-hydrogen) atoms. The Morgan fingerprint density at radius 1 is 0.976 bits per heavy atom. The molecule has 2 N–H and O–H groups in total. The molecule has 0 saturated carbocycles. The Hall–Kier alpha value is -3.06. The molecule has 0 radical (unpaired) electrons. The average Bonchev–Trinajstić information content (AvgIpc) is 2.91. The molecular weight excluding hydrogens is 579 g/mol. The monoisotopic (exact) mass is 614 g/mol. The molecule has 1 aromatic rings. The molecule has 2 rings (SSSR count). The van der Waals surface area contributed by atoms with Gasteiger partial charge in [0.2, 0.25) is 5.91 Å². The van der Waals surface area contributed by atoms with Gasteiger partial charge in [0.15, 0.2) is 11.2 Å². The molecule has 0 bridgehead atoms. The topological polar surface area (TPSA) is 180 Å². The summed E-state index contributed by atoms with van der Waals surface area (Å²) in [6.45, 7) is 3.50. The fourth-order valence-electron chi connectivity index (χ4n) is 3.45. The van der Waals surface area contributed by atoms with Crippen molar-refractivity contribution in [3.8, 4) is 5.75 Å². The first-order valence-corrected chi connectivity index (χ1v) is 15.3. The number of ketones is 2. The molecule has 1 aliphatic heterocycles. The number of phosphoric acid groups is 1. The van der Waals surface area contributed by atoms with Gasteiger partial charge >= 0.3 is 13.8 Å². The fraction of sp³-hybridized carbons (Fsp3) is 0.538. The van der Waals surface area contributed by atoms with E-state index in [4.69, 9.17) is 13.6 Å². The van der Waals surface area contributed by atoms with Crippen molar-refractivity contribution in [3.05, 3.63) is 30.3 Å². The van der Waals surface area contributed by atoms with Gasteiger partial charge in [-0.1, -0.05) is 43.8 Å². The molecule has 1 aliphatic rings. The molecule has 15 heteroatoms. The highest BCUT2D eigenvalue weighted by Gasteiger charge is 2.49.